The first-order valence-electron chi connectivity index (χ1n) is 7.90. The largest absolute Gasteiger partial charge is 0.507 e. The SMILES string of the molecule is CNC(=O)n1ccc2c(-n3c(-c4ccccc4O)n[nH]c3=S)cccc21. The van der Waals surface area contributed by atoms with Gasteiger partial charge in [-0.3, -0.25) is 14.2 Å². The number of rotatable bonds is 2. The van der Waals surface area contributed by atoms with Gasteiger partial charge in [-0.25, -0.2) is 4.79 Å². The molecule has 0 radical (unpaired) electrons. The van der Waals surface area contributed by atoms with Gasteiger partial charge >= 0.3 is 6.03 Å². The Balaban J connectivity index is 2.00. The molecule has 2 aromatic heterocycles. The first-order chi connectivity index (χ1) is 12.6. The number of nitrogens with zero attached hydrogens (tertiary/aromatic N) is 3. The fourth-order valence-electron chi connectivity index (χ4n) is 3.01. The topological polar surface area (TPSA) is 87.9 Å². The van der Waals surface area contributed by atoms with Crippen molar-refractivity contribution in [1.82, 2.24) is 24.6 Å². The summed E-state index contributed by atoms with van der Waals surface area (Å²) < 4.78 is 3.67. The number of H-pyrrole nitrogens is 1. The summed E-state index contributed by atoms with van der Waals surface area (Å²) in [7, 11) is 1.58. The predicted molar refractivity (Wildman–Crippen MR) is 101 cm³/mol. The minimum atomic E-state index is -0.228. The molecule has 2 aromatic carbocycles. The minimum absolute atomic E-state index is 0.109. The third kappa shape index (κ3) is 2.39. The highest BCUT2D eigenvalue weighted by Crippen LogP contribution is 2.31. The Morgan fingerprint density at radius 3 is 2.77 bits per heavy atom. The smallest absolute Gasteiger partial charge is 0.325 e. The number of carbonyl (C=O) groups is 1. The third-order valence-electron chi connectivity index (χ3n) is 4.20. The summed E-state index contributed by atoms with van der Waals surface area (Å²) in [6.45, 7) is 0. The summed E-state index contributed by atoms with van der Waals surface area (Å²) in [5, 5.41) is 20.7. The van der Waals surface area contributed by atoms with Gasteiger partial charge in [0.1, 0.15) is 5.75 Å². The lowest BCUT2D eigenvalue weighted by Crippen LogP contribution is -2.23. The van der Waals surface area contributed by atoms with Crippen LogP contribution in [0.5, 0.6) is 5.75 Å². The number of aromatic hydroxyl groups is 1. The molecule has 130 valence electrons. The Morgan fingerprint density at radius 1 is 1.19 bits per heavy atom. The highest BCUT2D eigenvalue weighted by atomic mass is 32.1. The maximum atomic E-state index is 12.1. The predicted octanol–water partition coefficient (Wildman–Crippen LogP) is 3.44. The molecular formula is C18H15N5O2S. The van der Waals surface area contributed by atoms with Crippen molar-refractivity contribution in [3.63, 3.8) is 0 Å². The second-order valence-electron chi connectivity index (χ2n) is 5.66. The van der Waals surface area contributed by atoms with E-state index in [9.17, 15) is 9.90 Å². The van der Waals surface area contributed by atoms with Crippen molar-refractivity contribution in [2.45, 2.75) is 0 Å². The summed E-state index contributed by atoms with van der Waals surface area (Å²) in [6, 6.07) is 14.2. The molecule has 0 saturated heterocycles. The fraction of sp³-hybridized carbons (Fsp3) is 0.0556. The lowest BCUT2D eigenvalue weighted by molar-refractivity contribution is 0.245. The summed E-state index contributed by atoms with van der Waals surface area (Å²) in [5.41, 5.74) is 2.07. The molecule has 1 amide bonds. The van der Waals surface area contributed by atoms with Crippen LogP contribution < -0.4 is 5.32 Å². The van der Waals surface area contributed by atoms with E-state index in [0.29, 0.717) is 16.2 Å². The van der Waals surface area contributed by atoms with Gasteiger partial charge in [0.25, 0.3) is 0 Å². The van der Waals surface area contributed by atoms with Gasteiger partial charge in [0, 0.05) is 18.6 Å². The van der Waals surface area contributed by atoms with E-state index in [1.54, 1.807) is 36.0 Å². The van der Waals surface area contributed by atoms with Crippen LogP contribution >= 0.6 is 12.2 Å². The molecule has 0 spiro atoms. The third-order valence-corrected chi connectivity index (χ3v) is 4.47. The fourth-order valence-corrected chi connectivity index (χ4v) is 3.24. The number of hydrogen-bond acceptors (Lipinski definition) is 4. The van der Waals surface area contributed by atoms with Crippen LogP contribution in [0.1, 0.15) is 0 Å². The Labute approximate surface area is 153 Å². The highest BCUT2D eigenvalue weighted by molar-refractivity contribution is 7.71. The number of aromatic amines is 1. The van der Waals surface area contributed by atoms with Gasteiger partial charge in [-0.15, -0.1) is 0 Å². The molecular weight excluding hydrogens is 350 g/mol. The van der Waals surface area contributed by atoms with E-state index in [1.165, 1.54) is 4.57 Å². The van der Waals surface area contributed by atoms with Crippen LogP contribution in [-0.4, -0.2) is 37.5 Å². The number of carbonyl (C=O) groups excluding carboxylic acids is 1. The minimum Gasteiger partial charge on any atom is -0.507 e. The molecule has 0 bridgehead atoms. The van der Waals surface area contributed by atoms with Crippen LogP contribution in [0.25, 0.3) is 28.0 Å². The van der Waals surface area contributed by atoms with E-state index in [2.05, 4.69) is 15.5 Å². The van der Waals surface area contributed by atoms with Crippen LogP contribution in [0.15, 0.2) is 54.7 Å². The van der Waals surface area contributed by atoms with Gasteiger partial charge in [-0.05, 0) is 42.5 Å². The van der Waals surface area contributed by atoms with E-state index < -0.39 is 0 Å². The van der Waals surface area contributed by atoms with Crippen molar-refractivity contribution in [1.29, 1.82) is 0 Å². The number of para-hydroxylation sites is 1. The number of aromatic nitrogens is 4. The molecule has 0 unspecified atom stereocenters. The first kappa shape index (κ1) is 16.1. The number of phenolic OH excluding ortho intramolecular Hbond substituents is 1. The van der Waals surface area contributed by atoms with Crippen molar-refractivity contribution in [2.24, 2.45) is 0 Å². The zero-order valence-electron chi connectivity index (χ0n) is 13.8. The molecule has 2 heterocycles. The van der Waals surface area contributed by atoms with Crippen LogP contribution in [0, 0.1) is 4.77 Å². The average Bonchev–Trinajstić information content (AvgIpc) is 3.25. The summed E-state index contributed by atoms with van der Waals surface area (Å²) in [5.74, 6) is 0.603. The highest BCUT2D eigenvalue weighted by Gasteiger charge is 2.17. The maximum Gasteiger partial charge on any atom is 0.325 e. The van der Waals surface area contributed by atoms with Gasteiger partial charge in [0.15, 0.2) is 10.6 Å². The van der Waals surface area contributed by atoms with Crippen LogP contribution in [0.4, 0.5) is 4.79 Å². The normalized spacial score (nSPS) is 11.0. The number of phenols is 1. The molecule has 0 aliphatic carbocycles. The van der Waals surface area contributed by atoms with Crippen LogP contribution in [0.3, 0.4) is 0 Å². The Kier molecular flexibility index (Phi) is 3.81. The second-order valence-corrected chi connectivity index (χ2v) is 6.04. The molecule has 0 saturated carbocycles. The van der Waals surface area contributed by atoms with E-state index in [0.717, 1.165) is 16.6 Å². The van der Waals surface area contributed by atoms with Crippen molar-refractivity contribution in [2.75, 3.05) is 7.05 Å². The molecule has 0 atom stereocenters. The van der Waals surface area contributed by atoms with Crippen LogP contribution in [0.2, 0.25) is 0 Å². The molecule has 7 nitrogen and oxygen atoms in total. The Bertz CT molecular complexity index is 1190. The van der Waals surface area contributed by atoms with E-state index in [4.69, 9.17) is 12.2 Å². The van der Waals surface area contributed by atoms with Gasteiger partial charge in [0.2, 0.25) is 0 Å². The lowest BCUT2D eigenvalue weighted by atomic mass is 10.1. The maximum absolute atomic E-state index is 12.1. The van der Waals surface area contributed by atoms with E-state index >= 15 is 0 Å². The molecule has 8 heteroatoms. The second kappa shape index (κ2) is 6.16. The lowest BCUT2D eigenvalue weighted by Gasteiger charge is -2.10. The van der Waals surface area contributed by atoms with Gasteiger partial charge in [-0.2, -0.15) is 5.10 Å². The standard InChI is InChI=1S/C18H15N5O2S/c1-19-17(25)22-10-9-11-13(22)6-4-7-14(11)23-16(20-21-18(23)26)12-5-2-3-8-15(12)24/h2-10,24H,1H3,(H,19,25)(H,21,26). The molecule has 3 N–H and O–H groups in total. The molecule has 0 aliphatic heterocycles. The zero-order valence-corrected chi connectivity index (χ0v) is 14.6. The van der Waals surface area contributed by atoms with Crippen LogP contribution in [-0.2, 0) is 0 Å². The Morgan fingerprint density at radius 2 is 2.00 bits per heavy atom. The summed E-state index contributed by atoms with van der Waals surface area (Å²) in [6.07, 6.45) is 1.70. The number of hydrogen-bond donors (Lipinski definition) is 3. The number of nitrogens with one attached hydrogen (secondary N) is 2. The zero-order chi connectivity index (χ0) is 18.3. The number of benzene rings is 2. The van der Waals surface area contributed by atoms with Gasteiger partial charge in [0.05, 0.1) is 16.8 Å². The number of fused-ring (bicyclic) bond motifs is 1. The monoisotopic (exact) mass is 365 g/mol. The van der Waals surface area contributed by atoms with Crippen molar-refractivity contribution in [3.8, 4) is 22.8 Å². The van der Waals surface area contributed by atoms with Crippen molar-refractivity contribution < 1.29 is 9.90 Å². The average molecular weight is 365 g/mol. The molecule has 4 rings (SSSR count). The quantitative estimate of drug-likeness (QED) is 0.475. The van der Waals surface area contributed by atoms with Gasteiger partial charge < -0.3 is 10.4 Å². The summed E-state index contributed by atoms with van der Waals surface area (Å²) in [4.78, 5) is 12.1. The molecule has 26 heavy (non-hydrogen) atoms. The molecule has 4 aromatic rings. The van der Waals surface area contributed by atoms with Crippen molar-refractivity contribution in [3.05, 3.63) is 59.5 Å². The summed E-state index contributed by atoms with van der Waals surface area (Å²) >= 11 is 5.42. The van der Waals surface area contributed by atoms with Crippen molar-refractivity contribution >= 4 is 29.2 Å². The Hall–Kier alpha value is -3.39. The van der Waals surface area contributed by atoms with E-state index in [1.807, 2.05) is 30.3 Å². The molecule has 0 aliphatic rings. The van der Waals surface area contributed by atoms with E-state index in [-0.39, 0.29) is 11.8 Å². The number of amides is 1. The van der Waals surface area contributed by atoms with Gasteiger partial charge in [-0.1, -0.05) is 18.2 Å². The first-order valence-corrected chi connectivity index (χ1v) is 8.31. The molecule has 0 fully saturated rings.